The lowest BCUT2D eigenvalue weighted by Gasteiger charge is -2.27. The largest absolute Gasteiger partial charge is 0.505 e. The Bertz CT molecular complexity index is 1490. The zero-order valence-corrected chi connectivity index (χ0v) is 17.7. The topological polar surface area (TPSA) is 147 Å². The third kappa shape index (κ3) is 3.23. The number of ether oxygens (including phenoxy) is 1. The van der Waals surface area contributed by atoms with Gasteiger partial charge in [-0.15, -0.1) is 0 Å². The molecular formula is C23H16N2O7S. The molecule has 0 saturated carbocycles. The van der Waals surface area contributed by atoms with E-state index in [9.17, 15) is 28.2 Å². The van der Waals surface area contributed by atoms with Crippen LogP contribution in [0.15, 0.2) is 65.6 Å². The number of nitrogens with zero attached hydrogens (tertiary/aromatic N) is 1. The lowest BCUT2D eigenvalue weighted by molar-refractivity contribution is 0.0989. The quantitative estimate of drug-likeness (QED) is 0.490. The van der Waals surface area contributed by atoms with Crippen molar-refractivity contribution in [3.05, 3.63) is 77.4 Å². The molecule has 33 heavy (non-hydrogen) atoms. The first-order valence-corrected chi connectivity index (χ1v) is 11.3. The SMILES string of the molecule is NS(=O)(=O)c1ccc(N2Cc3ccccc3Oc3c(O)c4c(c(O)c32)C(=O)C=CC4=O)cc1. The van der Waals surface area contributed by atoms with Crippen LogP contribution < -0.4 is 14.8 Å². The van der Waals surface area contributed by atoms with E-state index in [4.69, 9.17) is 9.88 Å². The molecule has 3 aromatic carbocycles. The van der Waals surface area contributed by atoms with Gasteiger partial charge in [0.25, 0.3) is 0 Å². The lowest BCUT2D eigenvalue weighted by atomic mass is 9.91. The molecule has 0 radical (unpaired) electrons. The van der Waals surface area contributed by atoms with Crippen molar-refractivity contribution in [3.8, 4) is 23.0 Å². The van der Waals surface area contributed by atoms with Crippen molar-refractivity contribution in [2.24, 2.45) is 5.14 Å². The van der Waals surface area contributed by atoms with E-state index in [2.05, 4.69) is 0 Å². The molecule has 0 fully saturated rings. The van der Waals surface area contributed by atoms with Crippen LogP contribution in [-0.4, -0.2) is 30.2 Å². The number of ketones is 2. The van der Waals surface area contributed by atoms with Gasteiger partial charge in [0.1, 0.15) is 11.4 Å². The highest BCUT2D eigenvalue weighted by molar-refractivity contribution is 7.89. The van der Waals surface area contributed by atoms with E-state index >= 15 is 0 Å². The molecule has 4 N–H and O–H groups in total. The van der Waals surface area contributed by atoms with Gasteiger partial charge in [0.2, 0.25) is 10.0 Å². The number of para-hydroxylation sites is 1. The normalized spacial score (nSPS) is 14.8. The number of rotatable bonds is 2. The molecule has 3 aromatic rings. The number of aromatic hydroxyl groups is 2. The number of hydrogen-bond donors (Lipinski definition) is 3. The predicted molar refractivity (Wildman–Crippen MR) is 118 cm³/mol. The first-order valence-electron chi connectivity index (χ1n) is 9.71. The summed E-state index contributed by atoms with van der Waals surface area (Å²) in [5.41, 5.74) is 0.380. The van der Waals surface area contributed by atoms with Crippen LogP contribution in [0.2, 0.25) is 0 Å². The molecule has 1 aliphatic heterocycles. The summed E-state index contributed by atoms with van der Waals surface area (Å²) in [4.78, 5) is 26.4. The zero-order chi connectivity index (χ0) is 23.5. The van der Waals surface area contributed by atoms with E-state index in [-0.39, 0.29) is 34.0 Å². The fourth-order valence-corrected chi connectivity index (χ4v) is 4.48. The van der Waals surface area contributed by atoms with Crippen LogP contribution >= 0.6 is 0 Å². The fourth-order valence-electron chi connectivity index (χ4n) is 3.96. The summed E-state index contributed by atoms with van der Waals surface area (Å²) >= 11 is 0. The van der Waals surface area contributed by atoms with Crippen molar-refractivity contribution in [3.63, 3.8) is 0 Å². The molecular weight excluding hydrogens is 448 g/mol. The average Bonchev–Trinajstić information content (AvgIpc) is 2.96. The summed E-state index contributed by atoms with van der Waals surface area (Å²) in [5.74, 6) is -2.24. The van der Waals surface area contributed by atoms with Crippen molar-refractivity contribution < 1.29 is 33.0 Å². The summed E-state index contributed by atoms with van der Waals surface area (Å²) in [6.45, 7) is 0.141. The predicted octanol–water partition coefficient (Wildman–Crippen LogP) is 3.12. The van der Waals surface area contributed by atoms with E-state index in [0.717, 1.165) is 12.2 Å². The van der Waals surface area contributed by atoms with Crippen molar-refractivity contribution in [2.75, 3.05) is 4.90 Å². The molecule has 0 saturated heterocycles. The molecule has 9 nitrogen and oxygen atoms in total. The Morgan fingerprint density at radius 1 is 0.879 bits per heavy atom. The van der Waals surface area contributed by atoms with Gasteiger partial charge in [0.05, 0.1) is 22.6 Å². The first kappa shape index (κ1) is 20.7. The molecule has 0 spiro atoms. The van der Waals surface area contributed by atoms with Crippen LogP contribution in [0.4, 0.5) is 11.4 Å². The van der Waals surface area contributed by atoms with Gasteiger partial charge in [0, 0.05) is 11.3 Å². The van der Waals surface area contributed by atoms with Gasteiger partial charge >= 0.3 is 0 Å². The molecule has 0 aromatic heterocycles. The van der Waals surface area contributed by atoms with E-state index in [1.165, 1.54) is 24.3 Å². The summed E-state index contributed by atoms with van der Waals surface area (Å²) in [5, 5.41) is 27.3. The number of carbonyl (C=O) groups excluding carboxylic acids is 2. The highest BCUT2D eigenvalue weighted by atomic mass is 32.2. The zero-order valence-electron chi connectivity index (χ0n) is 16.8. The monoisotopic (exact) mass is 464 g/mol. The minimum Gasteiger partial charge on any atom is -0.505 e. The van der Waals surface area contributed by atoms with Crippen molar-refractivity contribution in [2.45, 2.75) is 11.4 Å². The lowest BCUT2D eigenvalue weighted by Crippen LogP contribution is -2.19. The Morgan fingerprint density at radius 2 is 1.48 bits per heavy atom. The van der Waals surface area contributed by atoms with Crippen LogP contribution in [0.1, 0.15) is 26.3 Å². The van der Waals surface area contributed by atoms with Crippen molar-refractivity contribution >= 4 is 33.0 Å². The Kier molecular flexibility index (Phi) is 4.52. The average molecular weight is 464 g/mol. The Balaban J connectivity index is 1.80. The molecule has 0 bridgehead atoms. The van der Waals surface area contributed by atoms with Crippen molar-refractivity contribution in [1.82, 2.24) is 0 Å². The maximum absolute atomic E-state index is 12.5. The molecule has 2 aliphatic rings. The second-order valence-electron chi connectivity index (χ2n) is 7.52. The van der Waals surface area contributed by atoms with Crippen LogP contribution in [0.5, 0.6) is 23.0 Å². The van der Waals surface area contributed by atoms with Crippen LogP contribution in [0.3, 0.4) is 0 Å². The number of carbonyl (C=O) groups is 2. The molecule has 10 heteroatoms. The Hall–Kier alpha value is -4.15. The van der Waals surface area contributed by atoms with Gasteiger partial charge in [-0.3, -0.25) is 9.59 Å². The molecule has 0 unspecified atom stereocenters. The molecule has 166 valence electrons. The number of anilines is 2. The van der Waals surface area contributed by atoms with Crippen LogP contribution in [0, 0.1) is 0 Å². The van der Waals surface area contributed by atoms with Gasteiger partial charge in [-0.05, 0) is 42.5 Å². The number of benzene rings is 3. The number of allylic oxidation sites excluding steroid dienone is 2. The number of fused-ring (bicyclic) bond motifs is 3. The molecule has 0 amide bonds. The summed E-state index contributed by atoms with van der Waals surface area (Å²) in [6.07, 6.45) is 2.04. The maximum atomic E-state index is 12.5. The third-order valence-electron chi connectivity index (χ3n) is 5.52. The number of nitrogens with two attached hydrogens (primary N) is 1. The molecule has 0 atom stereocenters. The minimum atomic E-state index is -3.93. The Morgan fingerprint density at radius 3 is 2.12 bits per heavy atom. The fraction of sp³-hybridized carbons (Fsp3) is 0.0435. The van der Waals surface area contributed by atoms with Crippen LogP contribution in [0.25, 0.3) is 0 Å². The van der Waals surface area contributed by atoms with E-state index in [1.54, 1.807) is 29.2 Å². The van der Waals surface area contributed by atoms with Gasteiger partial charge in [-0.1, -0.05) is 18.2 Å². The van der Waals surface area contributed by atoms with Gasteiger partial charge in [-0.25, -0.2) is 13.6 Å². The van der Waals surface area contributed by atoms with Gasteiger partial charge < -0.3 is 19.8 Å². The van der Waals surface area contributed by atoms with Gasteiger partial charge in [-0.2, -0.15) is 0 Å². The molecule has 5 rings (SSSR count). The number of phenolic OH excluding ortho intramolecular Hbond substituents is 2. The first-order chi connectivity index (χ1) is 15.7. The standard InChI is InChI=1S/C23H16N2O7S/c24-33(30,31)14-7-5-13(6-8-14)25-11-12-3-1-2-4-17(12)32-23-20(25)21(28)18-15(26)9-10-16(27)19(18)22(23)29/h1-10,28-29H,11H2,(H2,24,30,31). The van der Waals surface area contributed by atoms with E-state index < -0.39 is 33.1 Å². The second-order valence-corrected chi connectivity index (χ2v) is 9.08. The smallest absolute Gasteiger partial charge is 0.238 e. The van der Waals surface area contributed by atoms with Crippen molar-refractivity contribution in [1.29, 1.82) is 0 Å². The summed E-state index contributed by atoms with van der Waals surface area (Å²) in [6, 6.07) is 12.5. The number of primary sulfonamides is 1. The van der Waals surface area contributed by atoms with Gasteiger partial charge in [0.15, 0.2) is 28.8 Å². The third-order valence-corrected chi connectivity index (χ3v) is 6.45. The van der Waals surface area contributed by atoms with E-state index in [0.29, 0.717) is 17.0 Å². The Labute approximate surface area is 188 Å². The maximum Gasteiger partial charge on any atom is 0.238 e. The highest BCUT2D eigenvalue weighted by Crippen LogP contribution is 2.55. The highest BCUT2D eigenvalue weighted by Gasteiger charge is 2.37. The summed E-state index contributed by atoms with van der Waals surface area (Å²) in [7, 11) is -3.93. The number of sulfonamides is 1. The molecule has 1 heterocycles. The number of hydrogen-bond acceptors (Lipinski definition) is 8. The number of phenols is 2. The van der Waals surface area contributed by atoms with Crippen LogP contribution in [-0.2, 0) is 16.6 Å². The minimum absolute atomic E-state index is 0.0396. The van der Waals surface area contributed by atoms with E-state index in [1.807, 2.05) is 0 Å². The summed E-state index contributed by atoms with van der Waals surface area (Å²) < 4.78 is 29.3. The molecule has 1 aliphatic carbocycles. The second kappa shape index (κ2) is 7.19.